The number of nitrogens with zero attached hydrogens (tertiary/aromatic N) is 2. The van der Waals surface area contributed by atoms with E-state index in [1.807, 2.05) is 24.4 Å². The van der Waals surface area contributed by atoms with Gasteiger partial charge >= 0.3 is 0 Å². The lowest BCUT2D eigenvalue weighted by molar-refractivity contribution is -0.124. The molecule has 3 N–H and O–H groups in total. The standard InChI is InChI=1S/C17H20N4O2/c22-17(20-23)7-5-13-4-6-16-15(11-13)19-12-21(16)10-8-14-3-1-2-9-18-14/h3-7,9,11,19,23H,1-2,8,10,12H2,(H,20,22). The zero-order valence-electron chi connectivity index (χ0n) is 12.8. The summed E-state index contributed by atoms with van der Waals surface area (Å²) in [5.74, 6) is -0.540. The van der Waals surface area contributed by atoms with Gasteiger partial charge in [0.05, 0.1) is 18.0 Å². The molecule has 0 spiro atoms. The van der Waals surface area contributed by atoms with Crippen LogP contribution in [0.4, 0.5) is 11.4 Å². The van der Waals surface area contributed by atoms with E-state index in [0.29, 0.717) is 0 Å². The van der Waals surface area contributed by atoms with E-state index in [0.717, 1.165) is 49.4 Å². The monoisotopic (exact) mass is 312 g/mol. The molecule has 2 heterocycles. The Morgan fingerprint density at radius 3 is 3.13 bits per heavy atom. The van der Waals surface area contributed by atoms with Gasteiger partial charge in [-0.25, -0.2) is 5.48 Å². The Hall–Kier alpha value is -2.60. The number of aliphatic imine (C=N–C) groups is 1. The molecule has 0 atom stereocenters. The van der Waals surface area contributed by atoms with E-state index in [2.05, 4.69) is 21.3 Å². The van der Waals surface area contributed by atoms with Crippen molar-refractivity contribution < 1.29 is 10.0 Å². The van der Waals surface area contributed by atoms with Gasteiger partial charge in [-0.2, -0.15) is 0 Å². The van der Waals surface area contributed by atoms with Crippen LogP contribution < -0.4 is 15.7 Å². The normalized spacial score (nSPS) is 16.2. The molecule has 0 saturated heterocycles. The first kappa shape index (κ1) is 15.3. The fourth-order valence-corrected chi connectivity index (χ4v) is 2.72. The van der Waals surface area contributed by atoms with Crippen LogP contribution >= 0.6 is 0 Å². The number of anilines is 2. The van der Waals surface area contributed by atoms with Gasteiger partial charge in [-0.15, -0.1) is 0 Å². The molecule has 0 saturated carbocycles. The molecule has 1 aromatic rings. The number of hydroxylamine groups is 1. The molecule has 6 heteroatoms. The van der Waals surface area contributed by atoms with Gasteiger partial charge in [-0.3, -0.25) is 15.0 Å². The van der Waals surface area contributed by atoms with Crippen molar-refractivity contribution in [1.29, 1.82) is 0 Å². The number of carbonyl (C=O) groups excluding carboxylic acids is 1. The van der Waals surface area contributed by atoms with Crippen molar-refractivity contribution in [1.82, 2.24) is 5.48 Å². The van der Waals surface area contributed by atoms with Gasteiger partial charge in [-0.1, -0.05) is 12.1 Å². The maximum Gasteiger partial charge on any atom is 0.267 e. The second-order valence-electron chi connectivity index (χ2n) is 5.52. The largest absolute Gasteiger partial charge is 0.366 e. The third kappa shape index (κ3) is 3.78. The van der Waals surface area contributed by atoms with Crippen molar-refractivity contribution in [3.05, 3.63) is 41.6 Å². The lowest BCUT2D eigenvalue weighted by Crippen LogP contribution is -2.24. The number of rotatable bonds is 5. The van der Waals surface area contributed by atoms with Crippen LogP contribution in [0.2, 0.25) is 0 Å². The smallest absolute Gasteiger partial charge is 0.267 e. The molecule has 1 amide bonds. The van der Waals surface area contributed by atoms with Crippen LogP contribution in [0.15, 0.2) is 41.0 Å². The number of fused-ring (bicyclic) bond motifs is 1. The van der Waals surface area contributed by atoms with Crippen molar-refractivity contribution >= 4 is 29.6 Å². The molecule has 0 bridgehead atoms. The Labute approximate surface area is 135 Å². The van der Waals surface area contributed by atoms with Crippen LogP contribution in [-0.4, -0.2) is 30.5 Å². The Morgan fingerprint density at radius 2 is 2.35 bits per heavy atom. The summed E-state index contributed by atoms with van der Waals surface area (Å²) in [7, 11) is 0. The second kappa shape index (κ2) is 7.11. The van der Waals surface area contributed by atoms with Gasteiger partial charge in [0.15, 0.2) is 0 Å². The average Bonchev–Trinajstić information content (AvgIpc) is 3.01. The van der Waals surface area contributed by atoms with Gasteiger partial charge in [0.1, 0.15) is 0 Å². The highest BCUT2D eigenvalue weighted by Gasteiger charge is 2.18. The van der Waals surface area contributed by atoms with E-state index < -0.39 is 5.91 Å². The topological polar surface area (TPSA) is 77.0 Å². The molecule has 2 aliphatic rings. The summed E-state index contributed by atoms with van der Waals surface area (Å²) in [6, 6.07) is 6.00. The van der Waals surface area contributed by atoms with Crippen molar-refractivity contribution in [2.45, 2.75) is 19.3 Å². The van der Waals surface area contributed by atoms with Gasteiger partial charge in [0.25, 0.3) is 5.91 Å². The third-order valence-corrected chi connectivity index (χ3v) is 3.93. The number of amides is 1. The summed E-state index contributed by atoms with van der Waals surface area (Å²) in [6.07, 6.45) is 10.2. The molecule has 6 nitrogen and oxygen atoms in total. The van der Waals surface area contributed by atoms with Crippen LogP contribution in [0.3, 0.4) is 0 Å². The predicted octanol–water partition coefficient (Wildman–Crippen LogP) is 2.53. The quantitative estimate of drug-likeness (QED) is 0.443. The van der Waals surface area contributed by atoms with E-state index in [1.165, 1.54) is 11.8 Å². The highest BCUT2D eigenvalue weighted by atomic mass is 16.5. The zero-order valence-corrected chi connectivity index (χ0v) is 12.8. The summed E-state index contributed by atoms with van der Waals surface area (Å²) in [5.41, 5.74) is 5.86. The van der Waals surface area contributed by atoms with Gasteiger partial charge < -0.3 is 10.2 Å². The maximum absolute atomic E-state index is 11.0. The summed E-state index contributed by atoms with van der Waals surface area (Å²) in [5, 5.41) is 11.8. The van der Waals surface area contributed by atoms with E-state index in [1.54, 1.807) is 11.6 Å². The SMILES string of the molecule is O=C(C=Cc1ccc2c(c1)NCN2CCC1=CCCC=N1)NO. The minimum absolute atomic E-state index is 0.540. The molecule has 0 radical (unpaired) electrons. The highest BCUT2D eigenvalue weighted by Crippen LogP contribution is 2.32. The molecule has 0 fully saturated rings. The van der Waals surface area contributed by atoms with Crippen LogP contribution in [-0.2, 0) is 4.79 Å². The van der Waals surface area contributed by atoms with Crippen molar-refractivity contribution in [2.75, 3.05) is 23.4 Å². The number of allylic oxidation sites excluding steroid dienone is 1. The number of hydrogen-bond donors (Lipinski definition) is 3. The van der Waals surface area contributed by atoms with Crippen molar-refractivity contribution in [2.24, 2.45) is 4.99 Å². The second-order valence-corrected chi connectivity index (χ2v) is 5.52. The van der Waals surface area contributed by atoms with Crippen LogP contribution in [0.5, 0.6) is 0 Å². The summed E-state index contributed by atoms with van der Waals surface area (Å²) in [6.45, 7) is 1.70. The zero-order chi connectivity index (χ0) is 16.1. The molecule has 3 rings (SSSR count). The summed E-state index contributed by atoms with van der Waals surface area (Å²) >= 11 is 0. The molecular formula is C17H20N4O2. The number of carbonyl (C=O) groups is 1. The lowest BCUT2D eigenvalue weighted by Gasteiger charge is -2.18. The van der Waals surface area contributed by atoms with Crippen molar-refractivity contribution in [3.63, 3.8) is 0 Å². The fourth-order valence-electron chi connectivity index (χ4n) is 2.72. The first-order valence-electron chi connectivity index (χ1n) is 7.73. The molecule has 0 aromatic heterocycles. The molecular weight excluding hydrogens is 292 g/mol. The lowest BCUT2D eigenvalue weighted by atomic mass is 10.1. The number of nitrogens with one attached hydrogen (secondary N) is 2. The first-order chi connectivity index (χ1) is 11.3. The van der Waals surface area contributed by atoms with Gasteiger partial charge in [0.2, 0.25) is 0 Å². The highest BCUT2D eigenvalue weighted by molar-refractivity contribution is 5.91. The van der Waals surface area contributed by atoms with Crippen LogP contribution in [0.25, 0.3) is 6.08 Å². The van der Waals surface area contributed by atoms with E-state index >= 15 is 0 Å². The Kier molecular flexibility index (Phi) is 4.73. The third-order valence-electron chi connectivity index (χ3n) is 3.93. The van der Waals surface area contributed by atoms with Gasteiger partial charge in [0, 0.05) is 31.0 Å². The van der Waals surface area contributed by atoms with Crippen molar-refractivity contribution in [3.8, 4) is 0 Å². The van der Waals surface area contributed by atoms with Gasteiger partial charge in [-0.05, 0) is 36.6 Å². The minimum atomic E-state index is -0.540. The fraction of sp³-hybridized carbons (Fsp3) is 0.294. The number of hydrogen-bond acceptors (Lipinski definition) is 5. The summed E-state index contributed by atoms with van der Waals surface area (Å²) < 4.78 is 0. The minimum Gasteiger partial charge on any atom is -0.366 e. The molecule has 1 aromatic carbocycles. The van der Waals surface area contributed by atoms with E-state index in [4.69, 9.17) is 5.21 Å². The summed E-state index contributed by atoms with van der Waals surface area (Å²) in [4.78, 5) is 17.7. The molecule has 23 heavy (non-hydrogen) atoms. The first-order valence-corrected chi connectivity index (χ1v) is 7.73. The molecule has 2 aliphatic heterocycles. The Bertz CT molecular complexity index is 679. The maximum atomic E-state index is 11.0. The average molecular weight is 312 g/mol. The van der Waals surface area contributed by atoms with E-state index in [9.17, 15) is 4.79 Å². The Morgan fingerprint density at radius 1 is 1.43 bits per heavy atom. The Balaban J connectivity index is 1.64. The molecule has 120 valence electrons. The predicted molar refractivity (Wildman–Crippen MR) is 91.7 cm³/mol. The van der Waals surface area contributed by atoms with Crippen LogP contribution in [0.1, 0.15) is 24.8 Å². The molecule has 0 aliphatic carbocycles. The van der Waals surface area contributed by atoms with Crippen LogP contribution in [0, 0.1) is 0 Å². The van der Waals surface area contributed by atoms with E-state index in [-0.39, 0.29) is 0 Å². The molecule has 0 unspecified atom stereocenters. The number of benzene rings is 1.